The number of allylic oxidation sites excluding steroid dienone is 2. The second-order valence-electron chi connectivity index (χ2n) is 17.5. The van der Waals surface area contributed by atoms with Crippen molar-refractivity contribution < 1.29 is 53.3 Å². The monoisotopic (exact) mass is 859 g/mol. The third kappa shape index (κ3) is 32.7. The summed E-state index contributed by atoms with van der Waals surface area (Å²) in [7, 11) is -4.83. The standard InChI is InChI=1S/C47H87O11P/c1-4-5-24-30-40(48)34-35-43-42(44(49)36-45(43)50)31-26-22-23-28-33-47(52)58-41(38-57-59(53,54)55)37-56-46(51)32-27-21-19-17-15-13-11-9-7-6-8-10-12-14-16-18-20-25-29-39(2)3/h22,26,34-35,39-45,48-50H,4-21,23-25,27-33,36-38H2,1-3H3,(H2,53,54,55)/b26-22+,35-34+/t40-,41+,42+,43+,44-,45+/m0/s1. The van der Waals surface area contributed by atoms with Gasteiger partial charge in [-0.05, 0) is 43.9 Å². The lowest BCUT2D eigenvalue weighted by molar-refractivity contribution is -0.161. The Hall–Kier alpha value is -1.59. The number of aliphatic hydroxyl groups is 3. The van der Waals surface area contributed by atoms with Crippen LogP contribution in [0.25, 0.3) is 0 Å². The first-order chi connectivity index (χ1) is 28.3. The predicted molar refractivity (Wildman–Crippen MR) is 237 cm³/mol. The molecule has 59 heavy (non-hydrogen) atoms. The van der Waals surface area contributed by atoms with Crippen molar-refractivity contribution >= 4 is 19.8 Å². The first-order valence-electron chi connectivity index (χ1n) is 23.7. The highest BCUT2D eigenvalue weighted by atomic mass is 31.2. The van der Waals surface area contributed by atoms with Crippen LogP contribution in [-0.2, 0) is 28.2 Å². The van der Waals surface area contributed by atoms with E-state index >= 15 is 0 Å². The van der Waals surface area contributed by atoms with E-state index in [0.717, 1.165) is 44.4 Å². The number of aliphatic hydroxyl groups excluding tert-OH is 3. The highest BCUT2D eigenvalue weighted by Gasteiger charge is 2.39. The summed E-state index contributed by atoms with van der Waals surface area (Å²) in [5.41, 5.74) is 0. The van der Waals surface area contributed by atoms with Crippen LogP contribution in [0.2, 0.25) is 0 Å². The third-order valence-corrected chi connectivity index (χ3v) is 12.0. The van der Waals surface area contributed by atoms with Crippen LogP contribution in [-0.4, -0.2) is 74.7 Å². The van der Waals surface area contributed by atoms with E-state index in [4.69, 9.17) is 19.3 Å². The zero-order valence-electron chi connectivity index (χ0n) is 37.4. The van der Waals surface area contributed by atoms with Crippen LogP contribution >= 0.6 is 7.82 Å². The Labute approximate surface area is 358 Å². The molecule has 0 saturated heterocycles. The molecule has 0 aromatic rings. The average molecular weight is 859 g/mol. The zero-order valence-corrected chi connectivity index (χ0v) is 38.3. The molecular formula is C47H87O11P. The van der Waals surface area contributed by atoms with Gasteiger partial charge in [0, 0.05) is 25.2 Å². The van der Waals surface area contributed by atoms with Crippen LogP contribution in [0.15, 0.2) is 24.3 Å². The molecule has 0 aromatic carbocycles. The van der Waals surface area contributed by atoms with Gasteiger partial charge in [-0.2, -0.15) is 0 Å². The van der Waals surface area contributed by atoms with Gasteiger partial charge in [0.1, 0.15) is 6.61 Å². The molecule has 0 aromatic heterocycles. The summed E-state index contributed by atoms with van der Waals surface area (Å²) in [6.45, 7) is 5.76. The van der Waals surface area contributed by atoms with E-state index in [-0.39, 0.29) is 37.7 Å². The molecule has 0 heterocycles. The van der Waals surface area contributed by atoms with Crippen molar-refractivity contribution in [3.63, 3.8) is 0 Å². The van der Waals surface area contributed by atoms with Gasteiger partial charge >= 0.3 is 19.8 Å². The third-order valence-electron chi connectivity index (χ3n) is 11.5. The van der Waals surface area contributed by atoms with E-state index in [1.54, 1.807) is 6.08 Å². The fourth-order valence-corrected chi connectivity index (χ4v) is 8.21. The zero-order chi connectivity index (χ0) is 43.6. The first-order valence-corrected chi connectivity index (χ1v) is 25.3. The van der Waals surface area contributed by atoms with Gasteiger partial charge in [-0.3, -0.25) is 14.1 Å². The van der Waals surface area contributed by atoms with Crippen LogP contribution in [0.1, 0.15) is 207 Å². The molecule has 0 amide bonds. The molecule has 1 fully saturated rings. The molecule has 6 atom stereocenters. The normalized spacial score (nSPS) is 19.6. The number of hydrogen-bond donors (Lipinski definition) is 5. The summed E-state index contributed by atoms with van der Waals surface area (Å²) in [6, 6.07) is 0. The Bertz CT molecular complexity index is 1140. The molecule has 1 aliphatic rings. The fraction of sp³-hybridized carbons (Fsp3) is 0.872. The maximum absolute atomic E-state index is 12.5. The van der Waals surface area contributed by atoms with Crippen molar-refractivity contribution in [1.82, 2.24) is 0 Å². The van der Waals surface area contributed by atoms with Crippen molar-refractivity contribution in [2.24, 2.45) is 17.8 Å². The van der Waals surface area contributed by atoms with Gasteiger partial charge in [0.15, 0.2) is 6.10 Å². The molecule has 1 rings (SSSR count). The first kappa shape index (κ1) is 55.4. The van der Waals surface area contributed by atoms with Crippen molar-refractivity contribution in [3.8, 4) is 0 Å². The SMILES string of the molecule is CCCCC[C@H](O)/C=C/[C@@H]1[C@@H](C/C=C/CCCC(=O)O[C@H](COC(=O)CCCCCCCCCCCCCCCCCCCCC(C)C)COP(=O)(O)O)[C@@H](O)C[C@H]1O. The van der Waals surface area contributed by atoms with Gasteiger partial charge in [-0.1, -0.05) is 180 Å². The lowest BCUT2D eigenvalue weighted by Gasteiger charge is -2.19. The Kier molecular flexibility index (Phi) is 33.8. The second-order valence-corrected chi connectivity index (χ2v) is 18.8. The summed E-state index contributed by atoms with van der Waals surface area (Å²) in [6.07, 6.45) is 34.3. The highest BCUT2D eigenvalue weighted by molar-refractivity contribution is 7.46. The van der Waals surface area contributed by atoms with Crippen molar-refractivity contribution in [2.75, 3.05) is 13.2 Å². The van der Waals surface area contributed by atoms with Crippen molar-refractivity contribution in [1.29, 1.82) is 0 Å². The van der Waals surface area contributed by atoms with E-state index in [2.05, 4.69) is 25.3 Å². The number of rotatable bonds is 39. The van der Waals surface area contributed by atoms with E-state index in [0.29, 0.717) is 32.1 Å². The molecular weight excluding hydrogens is 771 g/mol. The van der Waals surface area contributed by atoms with E-state index in [9.17, 15) is 29.5 Å². The Balaban J connectivity index is 2.19. The van der Waals surface area contributed by atoms with E-state index in [1.165, 1.54) is 96.3 Å². The molecule has 12 heteroatoms. The molecule has 0 radical (unpaired) electrons. The van der Waals surface area contributed by atoms with Gasteiger partial charge < -0.3 is 34.6 Å². The average Bonchev–Trinajstić information content (AvgIpc) is 3.45. The number of phosphoric acid groups is 1. The minimum absolute atomic E-state index is 0.0375. The topological polar surface area (TPSA) is 180 Å². The summed E-state index contributed by atoms with van der Waals surface area (Å²) >= 11 is 0. The number of ether oxygens (including phenoxy) is 2. The van der Waals surface area contributed by atoms with Gasteiger partial charge in [0.25, 0.3) is 0 Å². The van der Waals surface area contributed by atoms with E-state index in [1.807, 2.05) is 18.2 Å². The van der Waals surface area contributed by atoms with Crippen LogP contribution in [0, 0.1) is 17.8 Å². The Morgan fingerprint density at radius 1 is 0.678 bits per heavy atom. The summed E-state index contributed by atoms with van der Waals surface area (Å²) in [5.74, 6) is -0.651. The van der Waals surface area contributed by atoms with Gasteiger partial charge in [0.05, 0.1) is 24.9 Å². The van der Waals surface area contributed by atoms with Crippen LogP contribution in [0.3, 0.4) is 0 Å². The molecule has 346 valence electrons. The molecule has 11 nitrogen and oxygen atoms in total. The lowest BCUT2D eigenvalue weighted by Crippen LogP contribution is -2.29. The molecule has 0 spiro atoms. The molecule has 0 bridgehead atoms. The van der Waals surface area contributed by atoms with Gasteiger partial charge in [0.2, 0.25) is 0 Å². The number of unbranched alkanes of at least 4 members (excludes halogenated alkanes) is 20. The largest absolute Gasteiger partial charge is 0.469 e. The number of esters is 2. The molecule has 1 aliphatic carbocycles. The lowest BCUT2D eigenvalue weighted by atomic mass is 9.89. The number of phosphoric ester groups is 1. The number of carbonyl (C=O) groups excluding carboxylic acids is 2. The predicted octanol–water partition coefficient (Wildman–Crippen LogP) is 11.0. The van der Waals surface area contributed by atoms with Crippen LogP contribution in [0.5, 0.6) is 0 Å². The molecule has 0 unspecified atom stereocenters. The minimum Gasteiger partial charge on any atom is -0.462 e. The van der Waals surface area contributed by atoms with Crippen molar-refractivity contribution in [2.45, 2.75) is 231 Å². The maximum Gasteiger partial charge on any atom is 0.469 e. The van der Waals surface area contributed by atoms with Gasteiger partial charge in [-0.15, -0.1) is 0 Å². The van der Waals surface area contributed by atoms with Crippen LogP contribution < -0.4 is 0 Å². The number of hydrogen-bond acceptors (Lipinski definition) is 9. The summed E-state index contributed by atoms with van der Waals surface area (Å²) in [4.78, 5) is 43.2. The molecule has 1 saturated carbocycles. The van der Waals surface area contributed by atoms with Crippen molar-refractivity contribution in [3.05, 3.63) is 24.3 Å². The quantitative estimate of drug-likeness (QED) is 0.0172. The Morgan fingerprint density at radius 2 is 1.20 bits per heavy atom. The molecule has 5 N–H and O–H groups in total. The highest BCUT2D eigenvalue weighted by Crippen LogP contribution is 2.37. The second kappa shape index (κ2) is 35.9. The van der Waals surface area contributed by atoms with E-state index < -0.39 is 50.8 Å². The van der Waals surface area contributed by atoms with Crippen LogP contribution in [0.4, 0.5) is 0 Å². The summed E-state index contributed by atoms with van der Waals surface area (Å²) in [5, 5.41) is 31.2. The smallest absolute Gasteiger partial charge is 0.462 e. The Morgan fingerprint density at radius 3 is 1.75 bits per heavy atom. The van der Waals surface area contributed by atoms with Gasteiger partial charge in [-0.25, -0.2) is 4.57 Å². The minimum atomic E-state index is -4.83. The fourth-order valence-electron chi connectivity index (χ4n) is 7.85. The maximum atomic E-state index is 12.5. The summed E-state index contributed by atoms with van der Waals surface area (Å²) < 4.78 is 26.5. The number of carbonyl (C=O) groups is 2. The molecule has 0 aliphatic heterocycles.